The highest BCUT2D eigenvalue weighted by Crippen LogP contribution is 2.46. The van der Waals surface area contributed by atoms with Crippen molar-refractivity contribution < 1.29 is 9.53 Å². The second-order valence-electron chi connectivity index (χ2n) is 6.94. The number of amides is 1. The Kier molecular flexibility index (Phi) is 3.19. The fourth-order valence-electron chi connectivity index (χ4n) is 4.24. The molecule has 118 valence electrons. The fourth-order valence-corrected chi connectivity index (χ4v) is 4.24. The molecule has 2 bridgehead atoms. The van der Waals surface area contributed by atoms with Crippen LogP contribution in [0.1, 0.15) is 34.8 Å². The summed E-state index contributed by atoms with van der Waals surface area (Å²) in [6.45, 7) is 3.06. The van der Waals surface area contributed by atoms with Gasteiger partial charge in [-0.3, -0.25) is 4.79 Å². The van der Waals surface area contributed by atoms with E-state index in [2.05, 4.69) is 24.0 Å². The van der Waals surface area contributed by atoms with E-state index in [1.54, 1.807) is 7.11 Å². The third-order valence-electron chi connectivity index (χ3n) is 5.35. The average Bonchev–Trinajstić information content (AvgIpc) is 2.87. The molecule has 0 N–H and O–H groups in total. The number of hydrogen-bond donors (Lipinski definition) is 0. The fraction of sp³-hybridized carbons (Fsp3) is 0.350. The van der Waals surface area contributed by atoms with Crippen LogP contribution < -0.4 is 4.74 Å². The Bertz CT molecular complexity index is 755. The van der Waals surface area contributed by atoms with E-state index in [1.165, 1.54) is 11.1 Å². The third kappa shape index (κ3) is 2.23. The van der Waals surface area contributed by atoms with Crippen LogP contribution in [-0.2, 0) is 11.8 Å². The van der Waals surface area contributed by atoms with Crippen LogP contribution in [0, 0.1) is 0 Å². The SMILES string of the molecule is COc1ccc2c(c1)[C@]1(C)C[C@H](C2)N(C(=O)c2ccccc2)C1. The molecule has 2 atom stereocenters. The lowest BCUT2D eigenvalue weighted by molar-refractivity contribution is 0.0734. The Hall–Kier alpha value is -2.29. The van der Waals surface area contributed by atoms with Gasteiger partial charge in [0.15, 0.2) is 0 Å². The summed E-state index contributed by atoms with van der Waals surface area (Å²) in [6, 6.07) is 16.3. The molecule has 1 saturated heterocycles. The van der Waals surface area contributed by atoms with Gasteiger partial charge in [-0.2, -0.15) is 0 Å². The number of rotatable bonds is 2. The molecule has 0 radical (unpaired) electrons. The van der Waals surface area contributed by atoms with Gasteiger partial charge in [0.05, 0.1) is 7.11 Å². The van der Waals surface area contributed by atoms with Gasteiger partial charge >= 0.3 is 0 Å². The van der Waals surface area contributed by atoms with Crippen molar-refractivity contribution in [3.8, 4) is 5.75 Å². The standard InChI is InChI=1S/C20H21NO2/c1-20-12-16(10-15-8-9-17(23-2)11-18(15)20)21(13-20)19(22)14-6-4-3-5-7-14/h3-9,11,16H,10,12-13H2,1-2H3/t16-,20+/m0/s1. The van der Waals surface area contributed by atoms with Crippen molar-refractivity contribution in [1.82, 2.24) is 4.90 Å². The van der Waals surface area contributed by atoms with E-state index < -0.39 is 0 Å². The molecular weight excluding hydrogens is 286 g/mol. The summed E-state index contributed by atoms with van der Waals surface area (Å²) in [5.41, 5.74) is 3.51. The summed E-state index contributed by atoms with van der Waals surface area (Å²) in [5.74, 6) is 1.05. The van der Waals surface area contributed by atoms with Gasteiger partial charge in [-0.25, -0.2) is 0 Å². The van der Waals surface area contributed by atoms with Crippen LogP contribution in [0.2, 0.25) is 0 Å². The normalized spacial score (nSPS) is 25.1. The molecule has 23 heavy (non-hydrogen) atoms. The molecular formula is C20H21NO2. The van der Waals surface area contributed by atoms with Crippen LogP contribution in [0.3, 0.4) is 0 Å². The smallest absolute Gasteiger partial charge is 0.254 e. The lowest BCUT2D eigenvalue weighted by Crippen LogP contribution is -2.36. The van der Waals surface area contributed by atoms with Crippen LogP contribution in [0.5, 0.6) is 5.75 Å². The highest BCUT2D eigenvalue weighted by Gasteiger charge is 2.48. The van der Waals surface area contributed by atoms with Crippen molar-refractivity contribution in [2.75, 3.05) is 13.7 Å². The second kappa shape index (κ2) is 5.12. The number of hydrogen-bond acceptors (Lipinski definition) is 2. The van der Waals surface area contributed by atoms with Gasteiger partial charge in [-0.1, -0.05) is 31.2 Å². The van der Waals surface area contributed by atoms with Crippen molar-refractivity contribution in [3.05, 3.63) is 65.2 Å². The number of methoxy groups -OCH3 is 1. The maximum atomic E-state index is 12.9. The molecule has 1 amide bonds. The molecule has 3 nitrogen and oxygen atoms in total. The Balaban J connectivity index is 1.69. The first kappa shape index (κ1) is 14.3. The third-order valence-corrected chi connectivity index (χ3v) is 5.35. The van der Waals surface area contributed by atoms with E-state index in [4.69, 9.17) is 4.74 Å². The number of fused-ring (bicyclic) bond motifs is 4. The Labute approximate surface area is 136 Å². The first-order valence-corrected chi connectivity index (χ1v) is 8.14. The molecule has 1 heterocycles. The first-order chi connectivity index (χ1) is 11.1. The highest BCUT2D eigenvalue weighted by molar-refractivity contribution is 5.94. The molecule has 2 aromatic rings. The van der Waals surface area contributed by atoms with Gasteiger partial charge in [-0.15, -0.1) is 0 Å². The molecule has 3 heteroatoms. The van der Waals surface area contributed by atoms with Crippen LogP contribution >= 0.6 is 0 Å². The molecule has 2 aliphatic rings. The Morgan fingerprint density at radius 2 is 2.00 bits per heavy atom. The largest absolute Gasteiger partial charge is 0.497 e. The minimum absolute atomic E-state index is 0.0250. The van der Waals surface area contributed by atoms with Crippen LogP contribution in [0.25, 0.3) is 0 Å². The molecule has 0 saturated carbocycles. The molecule has 4 rings (SSSR count). The molecule has 2 aromatic carbocycles. The average molecular weight is 307 g/mol. The van der Waals surface area contributed by atoms with Crippen molar-refractivity contribution in [1.29, 1.82) is 0 Å². The minimum Gasteiger partial charge on any atom is -0.497 e. The first-order valence-electron chi connectivity index (χ1n) is 8.14. The maximum Gasteiger partial charge on any atom is 0.254 e. The number of carbonyl (C=O) groups excluding carboxylic acids is 1. The van der Waals surface area contributed by atoms with Gasteiger partial charge < -0.3 is 9.64 Å². The van der Waals surface area contributed by atoms with Crippen LogP contribution in [0.15, 0.2) is 48.5 Å². The van der Waals surface area contributed by atoms with Gasteiger partial charge in [0.1, 0.15) is 5.75 Å². The van der Waals surface area contributed by atoms with Crippen LogP contribution in [0.4, 0.5) is 0 Å². The number of benzene rings is 2. The summed E-state index contributed by atoms with van der Waals surface area (Å²) >= 11 is 0. The summed E-state index contributed by atoms with van der Waals surface area (Å²) in [6.07, 6.45) is 1.97. The van der Waals surface area contributed by atoms with Gasteiger partial charge in [-0.05, 0) is 48.2 Å². The van der Waals surface area contributed by atoms with Crippen molar-refractivity contribution in [3.63, 3.8) is 0 Å². The van der Waals surface area contributed by atoms with E-state index in [1.807, 2.05) is 36.4 Å². The monoisotopic (exact) mass is 307 g/mol. The summed E-state index contributed by atoms with van der Waals surface area (Å²) < 4.78 is 5.39. The second-order valence-corrected chi connectivity index (χ2v) is 6.94. The Morgan fingerprint density at radius 1 is 1.22 bits per heavy atom. The van der Waals surface area contributed by atoms with Gasteiger partial charge in [0.25, 0.3) is 5.91 Å². The predicted molar refractivity (Wildman–Crippen MR) is 89.9 cm³/mol. The summed E-state index contributed by atoms with van der Waals surface area (Å²) in [5, 5.41) is 0. The minimum atomic E-state index is 0.0250. The molecule has 0 aromatic heterocycles. The van der Waals surface area contributed by atoms with E-state index in [9.17, 15) is 4.79 Å². The van der Waals surface area contributed by atoms with Crippen molar-refractivity contribution >= 4 is 5.91 Å². The number of nitrogens with zero attached hydrogens (tertiary/aromatic N) is 1. The predicted octanol–water partition coefficient (Wildman–Crippen LogP) is 3.42. The number of ether oxygens (including phenoxy) is 1. The van der Waals surface area contributed by atoms with E-state index in [0.29, 0.717) is 6.04 Å². The van der Waals surface area contributed by atoms with Crippen molar-refractivity contribution in [2.45, 2.75) is 31.2 Å². The number of carbonyl (C=O) groups is 1. The molecule has 1 aliphatic carbocycles. The zero-order valence-electron chi connectivity index (χ0n) is 13.6. The van der Waals surface area contributed by atoms with E-state index >= 15 is 0 Å². The topological polar surface area (TPSA) is 29.5 Å². The van der Waals surface area contributed by atoms with E-state index in [-0.39, 0.29) is 11.3 Å². The lowest BCUT2D eigenvalue weighted by Gasteiger charge is -2.30. The maximum absolute atomic E-state index is 12.9. The molecule has 1 fully saturated rings. The van der Waals surface area contributed by atoms with Crippen LogP contribution in [-0.4, -0.2) is 30.5 Å². The quantitative estimate of drug-likeness (QED) is 0.851. The Morgan fingerprint density at radius 3 is 2.74 bits per heavy atom. The summed E-state index contributed by atoms with van der Waals surface area (Å²) in [4.78, 5) is 15.0. The molecule has 0 unspecified atom stereocenters. The zero-order chi connectivity index (χ0) is 16.0. The van der Waals surface area contributed by atoms with Gasteiger partial charge in [0, 0.05) is 23.6 Å². The molecule has 0 spiro atoms. The lowest BCUT2D eigenvalue weighted by atomic mass is 9.73. The molecule has 1 aliphatic heterocycles. The van der Waals surface area contributed by atoms with Gasteiger partial charge in [0.2, 0.25) is 0 Å². The number of likely N-dealkylation sites (tertiary alicyclic amines) is 1. The summed E-state index contributed by atoms with van der Waals surface area (Å²) in [7, 11) is 1.70. The van der Waals surface area contributed by atoms with E-state index in [0.717, 1.165) is 30.7 Å². The zero-order valence-corrected chi connectivity index (χ0v) is 13.6. The highest BCUT2D eigenvalue weighted by atomic mass is 16.5. The van der Waals surface area contributed by atoms with Crippen molar-refractivity contribution in [2.24, 2.45) is 0 Å².